The van der Waals surface area contributed by atoms with Crippen molar-refractivity contribution in [3.63, 3.8) is 0 Å². The maximum absolute atomic E-state index is 10.3. The lowest BCUT2D eigenvalue weighted by atomic mass is 10.3. The number of carbonyl (C=O) groups is 1. The number of allylic oxidation sites excluding steroid dienone is 3. The van der Waals surface area contributed by atoms with Crippen molar-refractivity contribution in [1.82, 2.24) is 0 Å². The molecule has 0 saturated heterocycles. The number of ether oxygens (including phenoxy) is 1. The highest BCUT2D eigenvalue weighted by molar-refractivity contribution is 5.73. The van der Waals surface area contributed by atoms with Crippen LogP contribution in [0.25, 0.3) is 0 Å². The Morgan fingerprint density at radius 3 is 2.77 bits per heavy atom. The third kappa shape index (κ3) is 8.33. The summed E-state index contributed by atoms with van der Waals surface area (Å²) >= 11 is 0. The van der Waals surface area contributed by atoms with E-state index in [-0.39, 0.29) is 12.6 Å². The van der Waals surface area contributed by atoms with Crippen molar-refractivity contribution in [3.8, 4) is 0 Å². The van der Waals surface area contributed by atoms with Crippen LogP contribution in [0, 0.1) is 5.21 Å². The predicted molar refractivity (Wildman–Crippen MR) is 49.9 cm³/mol. The molecule has 0 rings (SSSR count). The summed E-state index contributed by atoms with van der Waals surface area (Å²) in [5.41, 5.74) is 0.800. The monoisotopic (exact) mass is 183 g/mol. The standard InChI is InChI=1S/C9H13NO3/c1-8(7-10-12)5-3-4-6-13-9(2)11/h3-5,7,10H,6H2,1-2H3/b4-3+,8-5-,10-7+. The van der Waals surface area contributed by atoms with E-state index in [1.165, 1.54) is 13.1 Å². The Bertz CT molecular complexity index is 241. The Morgan fingerprint density at radius 1 is 1.54 bits per heavy atom. The van der Waals surface area contributed by atoms with Crippen molar-refractivity contribution in [2.75, 3.05) is 6.61 Å². The van der Waals surface area contributed by atoms with Gasteiger partial charge < -0.3 is 9.94 Å². The average Bonchev–Trinajstić information content (AvgIpc) is 2.03. The number of hydrogen-bond acceptors (Lipinski definition) is 3. The van der Waals surface area contributed by atoms with Crippen LogP contribution in [0.2, 0.25) is 0 Å². The third-order valence-electron chi connectivity index (χ3n) is 1.16. The van der Waals surface area contributed by atoms with Gasteiger partial charge in [-0.2, -0.15) is 0 Å². The fourth-order valence-electron chi connectivity index (χ4n) is 0.582. The van der Waals surface area contributed by atoms with E-state index in [2.05, 4.69) is 4.74 Å². The van der Waals surface area contributed by atoms with Gasteiger partial charge in [-0.1, -0.05) is 12.2 Å². The zero-order valence-electron chi connectivity index (χ0n) is 7.74. The summed E-state index contributed by atoms with van der Waals surface area (Å²) in [7, 11) is 0. The van der Waals surface area contributed by atoms with Crippen molar-refractivity contribution in [1.29, 1.82) is 0 Å². The maximum Gasteiger partial charge on any atom is 0.302 e. The number of nitrogens with one attached hydrogen (secondary N) is 1. The Morgan fingerprint density at radius 2 is 2.23 bits per heavy atom. The second-order valence-electron chi connectivity index (χ2n) is 2.40. The molecule has 0 bridgehead atoms. The minimum absolute atomic E-state index is 0.254. The Balaban J connectivity index is 3.73. The largest absolute Gasteiger partial charge is 0.625 e. The lowest BCUT2D eigenvalue weighted by molar-refractivity contribution is -0.366. The van der Waals surface area contributed by atoms with E-state index in [4.69, 9.17) is 0 Å². The Kier molecular flexibility index (Phi) is 6.23. The van der Waals surface area contributed by atoms with Crippen molar-refractivity contribution in [3.05, 3.63) is 29.0 Å². The van der Waals surface area contributed by atoms with Crippen LogP contribution in [0.3, 0.4) is 0 Å². The highest BCUT2D eigenvalue weighted by Crippen LogP contribution is 1.86. The lowest BCUT2D eigenvalue weighted by Gasteiger charge is -1.92. The highest BCUT2D eigenvalue weighted by Gasteiger charge is 1.86. The van der Waals surface area contributed by atoms with Gasteiger partial charge in [-0.15, -0.1) is 0 Å². The SMILES string of the molecule is CC(=O)OC/C=C/C=C(C)\C=[NH+]\[O-]. The summed E-state index contributed by atoms with van der Waals surface area (Å²) in [4.78, 5) is 10.3. The predicted octanol–water partition coefficient (Wildman–Crippen LogP) is -0.299. The normalized spacial score (nSPS) is 12.6. The molecule has 0 unspecified atom stereocenters. The molecule has 4 nitrogen and oxygen atoms in total. The number of carbonyl (C=O) groups excluding carboxylic acids is 1. The van der Waals surface area contributed by atoms with E-state index >= 15 is 0 Å². The molecule has 0 amide bonds. The minimum Gasteiger partial charge on any atom is -0.625 e. The van der Waals surface area contributed by atoms with Gasteiger partial charge in [-0.3, -0.25) is 4.79 Å². The third-order valence-corrected chi connectivity index (χ3v) is 1.16. The second-order valence-corrected chi connectivity index (χ2v) is 2.40. The molecule has 0 aliphatic carbocycles. The Hall–Kier alpha value is -1.58. The van der Waals surface area contributed by atoms with Crippen LogP contribution in [0.15, 0.2) is 23.8 Å². The lowest BCUT2D eigenvalue weighted by Crippen LogP contribution is -2.60. The van der Waals surface area contributed by atoms with Gasteiger partial charge in [0.05, 0.1) is 0 Å². The molecule has 4 heteroatoms. The molecule has 0 aromatic heterocycles. The number of hydrogen-bond donors (Lipinski definition) is 1. The van der Waals surface area contributed by atoms with Crippen LogP contribution in [-0.2, 0) is 9.53 Å². The van der Waals surface area contributed by atoms with Crippen molar-refractivity contribution in [2.24, 2.45) is 0 Å². The summed E-state index contributed by atoms with van der Waals surface area (Å²) in [6, 6.07) is 0. The average molecular weight is 183 g/mol. The number of rotatable bonds is 4. The fraction of sp³-hybridized carbons (Fsp3) is 0.333. The number of esters is 1. The molecule has 0 aromatic carbocycles. The molecular formula is C9H13NO3. The van der Waals surface area contributed by atoms with Crippen LogP contribution < -0.4 is 5.16 Å². The van der Waals surface area contributed by atoms with Crippen LogP contribution in [0.4, 0.5) is 0 Å². The molecule has 0 radical (unpaired) electrons. The van der Waals surface area contributed by atoms with Gasteiger partial charge in [0.15, 0.2) is 6.21 Å². The zero-order chi connectivity index (χ0) is 10.1. The molecule has 0 aromatic rings. The first-order chi connectivity index (χ1) is 6.16. The highest BCUT2D eigenvalue weighted by atomic mass is 16.5. The summed E-state index contributed by atoms with van der Waals surface area (Å²) in [5.74, 6) is -0.307. The molecule has 1 N–H and O–H groups in total. The van der Waals surface area contributed by atoms with Gasteiger partial charge in [-0.25, -0.2) is 5.16 Å². The molecule has 0 heterocycles. The Labute approximate surface area is 77.2 Å². The summed E-state index contributed by atoms with van der Waals surface area (Å²) in [6.07, 6.45) is 6.46. The molecule has 72 valence electrons. The van der Waals surface area contributed by atoms with Crippen molar-refractivity contribution in [2.45, 2.75) is 13.8 Å². The van der Waals surface area contributed by atoms with E-state index in [1.54, 1.807) is 30.3 Å². The van der Waals surface area contributed by atoms with Crippen LogP contribution in [0.5, 0.6) is 0 Å². The van der Waals surface area contributed by atoms with Crippen molar-refractivity contribution >= 4 is 12.2 Å². The molecular weight excluding hydrogens is 170 g/mol. The molecule has 0 saturated carbocycles. The van der Waals surface area contributed by atoms with Gasteiger partial charge in [0.2, 0.25) is 0 Å². The van der Waals surface area contributed by atoms with Gasteiger partial charge in [-0.05, 0) is 13.0 Å². The van der Waals surface area contributed by atoms with Crippen LogP contribution >= 0.6 is 0 Å². The molecule has 0 aliphatic rings. The molecule has 0 aliphatic heterocycles. The molecule has 0 atom stereocenters. The zero-order valence-corrected chi connectivity index (χ0v) is 7.74. The van der Waals surface area contributed by atoms with Gasteiger partial charge in [0.25, 0.3) is 0 Å². The van der Waals surface area contributed by atoms with E-state index in [0.29, 0.717) is 0 Å². The summed E-state index contributed by atoms with van der Waals surface area (Å²) in [5, 5.41) is 11.5. The van der Waals surface area contributed by atoms with Gasteiger partial charge >= 0.3 is 5.97 Å². The maximum atomic E-state index is 10.3. The summed E-state index contributed by atoms with van der Waals surface area (Å²) < 4.78 is 4.64. The minimum atomic E-state index is -0.307. The first kappa shape index (κ1) is 11.4. The van der Waals surface area contributed by atoms with E-state index < -0.39 is 0 Å². The van der Waals surface area contributed by atoms with Crippen LogP contribution in [0.1, 0.15) is 13.8 Å². The quantitative estimate of drug-likeness (QED) is 0.214. The smallest absolute Gasteiger partial charge is 0.302 e. The molecule has 0 spiro atoms. The summed E-state index contributed by atoms with van der Waals surface area (Å²) in [6.45, 7) is 3.38. The van der Waals surface area contributed by atoms with Gasteiger partial charge in [0.1, 0.15) is 6.61 Å². The first-order valence-corrected chi connectivity index (χ1v) is 3.84. The van der Waals surface area contributed by atoms with Crippen molar-refractivity contribution < 1.29 is 14.7 Å². The first-order valence-electron chi connectivity index (χ1n) is 3.84. The van der Waals surface area contributed by atoms with Crippen LogP contribution in [-0.4, -0.2) is 18.8 Å². The van der Waals surface area contributed by atoms with E-state index in [9.17, 15) is 10.0 Å². The van der Waals surface area contributed by atoms with E-state index in [1.807, 2.05) is 0 Å². The fourth-order valence-corrected chi connectivity index (χ4v) is 0.582. The van der Waals surface area contributed by atoms with E-state index in [0.717, 1.165) is 5.57 Å². The van der Waals surface area contributed by atoms with Gasteiger partial charge in [0, 0.05) is 12.5 Å². The molecule has 13 heavy (non-hydrogen) atoms. The molecule has 0 fully saturated rings. The topological polar surface area (TPSA) is 63.3 Å². The second kappa shape index (κ2) is 7.09.